The first kappa shape index (κ1) is 21.9. The van der Waals surface area contributed by atoms with E-state index in [1.54, 1.807) is 37.4 Å². The Morgan fingerprint density at radius 1 is 1.00 bits per heavy atom. The van der Waals surface area contributed by atoms with Gasteiger partial charge in [0.2, 0.25) is 0 Å². The van der Waals surface area contributed by atoms with E-state index in [9.17, 15) is 31.1 Å². The highest BCUT2D eigenvalue weighted by Crippen LogP contribution is 2.36. The van der Waals surface area contributed by atoms with Crippen LogP contribution in [0.2, 0.25) is 0 Å². The predicted octanol–water partition coefficient (Wildman–Crippen LogP) is 4.79. The maximum atomic E-state index is 13.0. The molecular weight excluding hydrogens is 414 g/mol. The molecule has 1 atom stereocenters. The Morgan fingerprint density at radius 2 is 1.57 bits per heavy atom. The second kappa shape index (κ2) is 7.82. The third-order valence-electron chi connectivity index (χ3n) is 4.79. The van der Waals surface area contributed by atoms with Crippen LogP contribution >= 0.6 is 0 Å². The highest BCUT2D eigenvalue weighted by molar-refractivity contribution is 5.78. The van der Waals surface area contributed by atoms with Crippen LogP contribution in [0.5, 0.6) is 0 Å². The molecule has 1 fully saturated rings. The fraction of sp³-hybridized carbons (Fsp3) is 0.350. The van der Waals surface area contributed by atoms with E-state index in [1.807, 2.05) is 0 Å². The summed E-state index contributed by atoms with van der Waals surface area (Å²) in [5.41, 5.74) is -3.33. The van der Waals surface area contributed by atoms with E-state index >= 15 is 0 Å². The smallest absolute Gasteiger partial charge is 0.374 e. The summed E-state index contributed by atoms with van der Waals surface area (Å²) in [7, 11) is 1.57. The number of nitrogens with zero attached hydrogens (tertiary/aromatic N) is 1. The van der Waals surface area contributed by atoms with Gasteiger partial charge in [-0.1, -0.05) is 30.3 Å². The quantitative estimate of drug-likeness (QED) is 0.691. The molecule has 1 heterocycles. The molecule has 3 rings (SSSR count). The third-order valence-corrected chi connectivity index (χ3v) is 4.79. The van der Waals surface area contributed by atoms with Crippen molar-refractivity contribution in [3.63, 3.8) is 0 Å². The fourth-order valence-corrected chi connectivity index (χ4v) is 3.35. The van der Waals surface area contributed by atoms with Crippen LogP contribution in [0.3, 0.4) is 0 Å². The van der Waals surface area contributed by atoms with Gasteiger partial charge in [0.05, 0.1) is 30.9 Å². The van der Waals surface area contributed by atoms with Crippen LogP contribution in [-0.4, -0.2) is 31.1 Å². The van der Waals surface area contributed by atoms with Gasteiger partial charge in [-0.15, -0.1) is 0 Å². The molecule has 2 aromatic rings. The van der Waals surface area contributed by atoms with E-state index in [0.29, 0.717) is 17.7 Å². The lowest BCUT2D eigenvalue weighted by atomic mass is 9.91. The average Bonchev–Trinajstić information content (AvgIpc) is 2.96. The number of urea groups is 1. The van der Waals surface area contributed by atoms with Crippen LogP contribution in [0.15, 0.2) is 48.5 Å². The topological polar surface area (TPSA) is 41.6 Å². The Bertz CT molecular complexity index is 881. The predicted molar refractivity (Wildman–Crippen MR) is 95.4 cm³/mol. The van der Waals surface area contributed by atoms with Gasteiger partial charge in [-0.25, -0.2) is 4.79 Å². The van der Waals surface area contributed by atoms with Crippen molar-refractivity contribution in [1.82, 2.24) is 10.2 Å². The lowest BCUT2D eigenvalue weighted by Gasteiger charge is -2.29. The number of carbonyl (C=O) groups excluding carboxylic acids is 1. The minimum Gasteiger partial charge on any atom is -0.374 e. The molecular formula is C20H18F6N2O2. The summed E-state index contributed by atoms with van der Waals surface area (Å²) in [4.78, 5) is 13.4. The lowest BCUT2D eigenvalue weighted by molar-refractivity contribution is -0.143. The molecule has 2 amide bonds. The number of carbonyl (C=O) groups is 1. The van der Waals surface area contributed by atoms with Gasteiger partial charge in [-0.05, 0) is 29.3 Å². The van der Waals surface area contributed by atoms with Crippen LogP contribution < -0.4 is 5.32 Å². The Hall–Kier alpha value is -2.75. The Kier molecular flexibility index (Phi) is 5.72. The number of rotatable bonds is 5. The molecule has 30 heavy (non-hydrogen) atoms. The summed E-state index contributed by atoms with van der Waals surface area (Å²) in [6, 6.07) is 9.77. The summed E-state index contributed by atoms with van der Waals surface area (Å²) in [5.74, 6) is 0. The molecule has 1 saturated heterocycles. The maximum absolute atomic E-state index is 13.0. The Morgan fingerprint density at radius 3 is 2.03 bits per heavy atom. The monoisotopic (exact) mass is 432 g/mol. The minimum absolute atomic E-state index is 0.0705. The first-order valence-electron chi connectivity index (χ1n) is 8.86. The highest BCUT2D eigenvalue weighted by atomic mass is 19.4. The van der Waals surface area contributed by atoms with Crippen LogP contribution in [0.1, 0.15) is 22.3 Å². The molecule has 1 N–H and O–H groups in total. The van der Waals surface area contributed by atoms with Gasteiger partial charge in [0.25, 0.3) is 0 Å². The molecule has 10 heteroatoms. The standard InChI is InChI=1S/C20H18F6N2O2/c1-28-11-18(27-17(28)29,14-5-3-2-4-6-14)12-30-10-13-7-15(19(21,22)23)9-16(8-13)20(24,25)26/h2-9H,10-12H2,1H3,(H,27,29)/t18-/m1/s1. The van der Waals surface area contributed by atoms with Crippen molar-refractivity contribution in [2.45, 2.75) is 24.5 Å². The van der Waals surface area contributed by atoms with Crippen molar-refractivity contribution in [2.75, 3.05) is 20.2 Å². The summed E-state index contributed by atoms with van der Waals surface area (Å²) >= 11 is 0. The molecule has 0 radical (unpaired) electrons. The summed E-state index contributed by atoms with van der Waals surface area (Å²) in [5, 5.41) is 2.79. The molecule has 0 spiro atoms. The second-order valence-corrected chi connectivity index (χ2v) is 7.14. The molecule has 0 aromatic heterocycles. The van der Waals surface area contributed by atoms with E-state index < -0.39 is 35.6 Å². The normalized spacial score (nSPS) is 19.8. The average molecular weight is 432 g/mol. The molecule has 0 aliphatic carbocycles. The lowest BCUT2D eigenvalue weighted by Crippen LogP contribution is -2.44. The number of hydrogen-bond acceptors (Lipinski definition) is 2. The summed E-state index contributed by atoms with van der Waals surface area (Å²) in [6.07, 6.45) is -9.85. The molecule has 4 nitrogen and oxygen atoms in total. The number of likely N-dealkylation sites (N-methyl/N-ethyl adjacent to an activating group) is 1. The zero-order valence-electron chi connectivity index (χ0n) is 15.8. The number of nitrogens with one attached hydrogen (secondary N) is 1. The van der Waals surface area contributed by atoms with E-state index in [-0.39, 0.29) is 30.8 Å². The molecule has 0 saturated carbocycles. The summed E-state index contributed by atoms with van der Waals surface area (Å²) < 4.78 is 83.6. The van der Waals surface area contributed by atoms with Gasteiger partial charge < -0.3 is 15.0 Å². The van der Waals surface area contributed by atoms with Gasteiger partial charge in [0.15, 0.2) is 0 Å². The van der Waals surface area contributed by atoms with E-state index in [0.717, 1.165) is 0 Å². The third kappa shape index (κ3) is 4.69. The van der Waals surface area contributed by atoms with Crippen molar-refractivity contribution in [1.29, 1.82) is 0 Å². The zero-order chi connectivity index (χ0) is 22.2. The van der Waals surface area contributed by atoms with Gasteiger partial charge in [-0.3, -0.25) is 0 Å². The van der Waals surface area contributed by atoms with Gasteiger partial charge >= 0.3 is 18.4 Å². The zero-order valence-corrected chi connectivity index (χ0v) is 15.8. The van der Waals surface area contributed by atoms with Crippen LogP contribution in [0, 0.1) is 0 Å². The first-order valence-corrected chi connectivity index (χ1v) is 8.86. The maximum Gasteiger partial charge on any atom is 0.416 e. The van der Waals surface area contributed by atoms with Crippen molar-refractivity contribution in [3.8, 4) is 0 Å². The van der Waals surface area contributed by atoms with E-state index in [4.69, 9.17) is 4.74 Å². The number of amides is 2. The second-order valence-electron chi connectivity index (χ2n) is 7.14. The number of alkyl halides is 6. The van der Waals surface area contributed by atoms with Crippen LogP contribution in [-0.2, 0) is 29.2 Å². The van der Waals surface area contributed by atoms with Gasteiger partial charge in [-0.2, -0.15) is 26.3 Å². The van der Waals surface area contributed by atoms with Crippen molar-refractivity contribution < 1.29 is 35.9 Å². The van der Waals surface area contributed by atoms with Crippen molar-refractivity contribution in [2.24, 2.45) is 0 Å². The molecule has 162 valence electrons. The molecule has 0 unspecified atom stereocenters. The van der Waals surface area contributed by atoms with Gasteiger partial charge in [0, 0.05) is 7.05 Å². The van der Waals surface area contributed by atoms with E-state index in [2.05, 4.69) is 5.32 Å². The van der Waals surface area contributed by atoms with Crippen LogP contribution in [0.25, 0.3) is 0 Å². The molecule has 1 aliphatic heterocycles. The highest BCUT2D eigenvalue weighted by Gasteiger charge is 2.43. The SMILES string of the molecule is CN1C[C@@](COCc2cc(C(F)(F)F)cc(C(F)(F)F)c2)(c2ccccc2)NC1=O. The molecule has 2 aromatic carbocycles. The molecule has 1 aliphatic rings. The molecule has 0 bridgehead atoms. The van der Waals surface area contributed by atoms with Crippen LogP contribution in [0.4, 0.5) is 31.1 Å². The van der Waals surface area contributed by atoms with E-state index in [1.165, 1.54) is 4.90 Å². The Balaban J connectivity index is 1.83. The first-order chi connectivity index (χ1) is 13.9. The van der Waals surface area contributed by atoms with Crippen molar-refractivity contribution in [3.05, 3.63) is 70.8 Å². The number of halogens is 6. The number of ether oxygens (including phenoxy) is 1. The van der Waals surface area contributed by atoms with Crippen molar-refractivity contribution >= 4 is 6.03 Å². The minimum atomic E-state index is -4.93. The van der Waals surface area contributed by atoms with Gasteiger partial charge in [0.1, 0.15) is 5.54 Å². The fourth-order valence-electron chi connectivity index (χ4n) is 3.35. The largest absolute Gasteiger partial charge is 0.416 e. The Labute approximate surface area is 168 Å². The summed E-state index contributed by atoms with van der Waals surface area (Å²) in [6.45, 7) is -0.391. The number of hydrogen-bond donors (Lipinski definition) is 1. The number of benzene rings is 2.